The molecule has 0 radical (unpaired) electrons. The Morgan fingerprint density at radius 3 is 1.77 bits per heavy atom. The molecule has 6 nitrogen and oxygen atoms in total. The molecule has 1 aliphatic heterocycles. The van der Waals surface area contributed by atoms with E-state index < -0.39 is 5.97 Å². The Morgan fingerprint density at radius 1 is 0.885 bits per heavy atom. The summed E-state index contributed by atoms with van der Waals surface area (Å²) in [6.45, 7) is 1.87. The summed E-state index contributed by atoms with van der Waals surface area (Å²) in [5.74, 6) is -0.808. The van der Waals surface area contributed by atoms with Crippen molar-refractivity contribution in [2.45, 2.75) is 19.3 Å². The van der Waals surface area contributed by atoms with Gasteiger partial charge in [-0.3, -0.25) is 14.6 Å². The van der Waals surface area contributed by atoms with Gasteiger partial charge >= 0.3 is 12.0 Å². The predicted octanol–water partition coefficient (Wildman–Crippen LogP) is 2.65. The largest absolute Gasteiger partial charge is 0.481 e. The highest BCUT2D eigenvalue weighted by atomic mass is 16.4. The molecule has 0 unspecified atom stereocenters. The molecule has 0 atom stereocenters. The average molecular weight is 353 g/mol. The van der Waals surface area contributed by atoms with Crippen molar-refractivity contribution >= 4 is 23.4 Å². The van der Waals surface area contributed by atoms with Gasteiger partial charge in [0.25, 0.3) is 0 Å². The number of nitrogens with zero attached hydrogens (tertiary/aromatic N) is 2. The van der Waals surface area contributed by atoms with Crippen LogP contribution >= 0.6 is 0 Å². The number of amides is 2. The van der Waals surface area contributed by atoms with Gasteiger partial charge in [0, 0.05) is 30.9 Å². The molecule has 6 heteroatoms. The standard InChI is InChI=1S/C20H23N3O3/c21-12-11-16-3-8-18(9-4-16)23-14-13-22(20(23)26)17-6-1-15(2-7-17)5-10-19(24)25/h1-4,6-9H,5,10-14,21H2,(H,24,25). The van der Waals surface area contributed by atoms with E-state index >= 15 is 0 Å². The first-order chi connectivity index (χ1) is 12.6. The molecule has 2 aromatic carbocycles. The van der Waals surface area contributed by atoms with Crippen LogP contribution in [-0.2, 0) is 17.6 Å². The highest BCUT2D eigenvalue weighted by Crippen LogP contribution is 2.26. The lowest BCUT2D eigenvalue weighted by molar-refractivity contribution is -0.136. The Balaban J connectivity index is 1.67. The SMILES string of the molecule is NCCc1ccc(N2CCN(c3ccc(CCC(=O)O)cc3)C2=O)cc1. The van der Waals surface area contributed by atoms with E-state index in [0.717, 1.165) is 28.9 Å². The number of carboxylic acids is 1. The second-order valence-corrected chi connectivity index (χ2v) is 6.35. The minimum atomic E-state index is -0.808. The lowest BCUT2D eigenvalue weighted by Gasteiger charge is -2.19. The third-order valence-electron chi connectivity index (χ3n) is 4.57. The van der Waals surface area contributed by atoms with Gasteiger partial charge in [0.2, 0.25) is 0 Å². The molecule has 1 fully saturated rings. The van der Waals surface area contributed by atoms with Crippen LogP contribution in [0, 0.1) is 0 Å². The molecule has 2 amide bonds. The molecule has 1 saturated heterocycles. The van der Waals surface area contributed by atoms with Crippen molar-refractivity contribution in [2.24, 2.45) is 5.73 Å². The van der Waals surface area contributed by atoms with Gasteiger partial charge in [-0.05, 0) is 54.8 Å². The highest BCUT2D eigenvalue weighted by molar-refractivity contribution is 6.06. The number of hydrogen-bond acceptors (Lipinski definition) is 3. The van der Waals surface area contributed by atoms with Crippen LogP contribution in [0.5, 0.6) is 0 Å². The molecule has 2 aromatic rings. The van der Waals surface area contributed by atoms with Crippen LogP contribution < -0.4 is 15.5 Å². The number of hydrogen-bond donors (Lipinski definition) is 2. The van der Waals surface area contributed by atoms with Gasteiger partial charge in [0.05, 0.1) is 0 Å². The number of carbonyl (C=O) groups excluding carboxylic acids is 1. The van der Waals surface area contributed by atoms with Gasteiger partial charge in [-0.25, -0.2) is 4.79 Å². The first kappa shape index (κ1) is 17.9. The van der Waals surface area contributed by atoms with Gasteiger partial charge in [0.15, 0.2) is 0 Å². The number of rotatable bonds is 7. The van der Waals surface area contributed by atoms with Crippen molar-refractivity contribution in [3.8, 4) is 0 Å². The minimum absolute atomic E-state index is 0.0464. The number of aryl methyl sites for hydroxylation is 1. The van der Waals surface area contributed by atoms with E-state index in [1.807, 2.05) is 48.5 Å². The Hall–Kier alpha value is -2.86. The van der Waals surface area contributed by atoms with Crippen LogP contribution in [-0.4, -0.2) is 36.7 Å². The molecule has 3 rings (SSSR count). The van der Waals surface area contributed by atoms with Crippen molar-refractivity contribution in [1.82, 2.24) is 0 Å². The number of urea groups is 1. The molecular formula is C20H23N3O3. The fourth-order valence-electron chi connectivity index (χ4n) is 3.12. The third-order valence-corrected chi connectivity index (χ3v) is 4.57. The predicted molar refractivity (Wildman–Crippen MR) is 102 cm³/mol. The van der Waals surface area contributed by atoms with E-state index in [0.29, 0.717) is 26.1 Å². The number of nitrogens with two attached hydrogens (primary N) is 1. The smallest absolute Gasteiger partial charge is 0.329 e. The molecule has 0 spiro atoms. The van der Waals surface area contributed by atoms with E-state index in [-0.39, 0.29) is 12.5 Å². The van der Waals surface area contributed by atoms with Crippen molar-refractivity contribution in [3.63, 3.8) is 0 Å². The van der Waals surface area contributed by atoms with Gasteiger partial charge in [-0.1, -0.05) is 24.3 Å². The maximum atomic E-state index is 12.8. The summed E-state index contributed by atoms with van der Waals surface area (Å²) in [6, 6.07) is 15.4. The Kier molecular flexibility index (Phi) is 5.53. The van der Waals surface area contributed by atoms with Crippen LogP contribution in [0.2, 0.25) is 0 Å². The summed E-state index contributed by atoms with van der Waals surface area (Å²) in [7, 11) is 0. The molecule has 3 N–H and O–H groups in total. The van der Waals surface area contributed by atoms with Crippen LogP contribution in [0.3, 0.4) is 0 Å². The number of benzene rings is 2. The van der Waals surface area contributed by atoms with Crippen molar-refractivity contribution in [2.75, 3.05) is 29.4 Å². The van der Waals surface area contributed by atoms with Crippen LogP contribution in [0.15, 0.2) is 48.5 Å². The summed E-state index contributed by atoms with van der Waals surface area (Å²) in [5.41, 5.74) is 9.40. The number of aliphatic carboxylic acids is 1. The summed E-state index contributed by atoms with van der Waals surface area (Å²) >= 11 is 0. The average Bonchev–Trinajstić information content (AvgIpc) is 3.03. The van der Waals surface area contributed by atoms with E-state index in [9.17, 15) is 9.59 Å². The third kappa shape index (κ3) is 4.03. The second kappa shape index (κ2) is 8.01. The van der Waals surface area contributed by atoms with Gasteiger partial charge < -0.3 is 10.8 Å². The van der Waals surface area contributed by atoms with E-state index in [2.05, 4.69) is 0 Å². The molecule has 0 bridgehead atoms. The first-order valence-corrected chi connectivity index (χ1v) is 8.77. The summed E-state index contributed by atoms with van der Waals surface area (Å²) in [5, 5.41) is 8.76. The summed E-state index contributed by atoms with van der Waals surface area (Å²) in [6.07, 6.45) is 1.43. The van der Waals surface area contributed by atoms with Crippen molar-refractivity contribution < 1.29 is 14.7 Å². The van der Waals surface area contributed by atoms with Gasteiger partial charge in [-0.15, -0.1) is 0 Å². The molecule has 0 saturated carbocycles. The van der Waals surface area contributed by atoms with E-state index in [1.165, 1.54) is 0 Å². The number of carbonyl (C=O) groups is 2. The molecular weight excluding hydrogens is 330 g/mol. The minimum Gasteiger partial charge on any atom is -0.481 e. The monoisotopic (exact) mass is 353 g/mol. The summed E-state index contributed by atoms with van der Waals surface area (Å²) in [4.78, 5) is 26.9. The van der Waals surface area contributed by atoms with E-state index in [1.54, 1.807) is 9.80 Å². The fraction of sp³-hybridized carbons (Fsp3) is 0.300. The lowest BCUT2D eigenvalue weighted by Crippen LogP contribution is -2.31. The topological polar surface area (TPSA) is 86.9 Å². The fourth-order valence-corrected chi connectivity index (χ4v) is 3.12. The van der Waals surface area contributed by atoms with Crippen LogP contribution in [0.25, 0.3) is 0 Å². The Labute approximate surface area is 152 Å². The van der Waals surface area contributed by atoms with Gasteiger partial charge in [-0.2, -0.15) is 0 Å². The Bertz CT molecular complexity index is 772. The first-order valence-electron chi connectivity index (χ1n) is 8.77. The van der Waals surface area contributed by atoms with Crippen LogP contribution in [0.1, 0.15) is 17.5 Å². The maximum Gasteiger partial charge on any atom is 0.329 e. The molecule has 1 heterocycles. The molecule has 0 aromatic heterocycles. The quantitative estimate of drug-likeness (QED) is 0.801. The zero-order valence-corrected chi connectivity index (χ0v) is 14.6. The summed E-state index contributed by atoms with van der Waals surface area (Å²) < 4.78 is 0. The molecule has 0 aliphatic carbocycles. The maximum absolute atomic E-state index is 12.8. The van der Waals surface area contributed by atoms with Gasteiger partial charge in [0.1, 0.15) is 0 Å². The zero-order valence-electron chi connectivity index (χ0n) is 14.6. The normalized spacial score (nSPS) is 14.1. The lowest BCUT2D eigenvalue weighted by atomic mass is 10.1. The zero-order chi connectivity index (χ0) is 18.5. The number of carboxylic acid groups (broad SMARTS) is 1. The second-order valence-electron chi connectivity index (χ2n) is 6.35. The van der Waals surface area contributed by atoms with Crippen molar-refractivity contribution in [1.29, 1.82) is 0 Å². The Morgan fingerprint density at radius 2 is 1.35 bits per heavy atom. The van der Waals surface area contributed by atoms with E-state index in [4.69, 9.17) is 10.8 Å². The van der Waals surface area contributed by atoms with Crippen LogP contribution in [0.4, 0.5) is 16.2 Å². The highest BCUT2D eigenvalue weighted by Gasteiger charge is 2.30. The molecule has 1 aliphatic rings. The van der Waals surface area contributed by atoms with Crippen molar-refractivity contribution in [3.05, 3.63) is 59.7 Å². The molecule has 136 valence electrons. The molecule has 26 heavy (non-hydrogen) atoms. The number of anilines is 2.